The molecule has 1 rings (SSSR count). The molecule has 1 aromatic rings. The van der Waals surface area contributed by atoms with Crippen molar-refractivity contribution in [3.8, 4) is 5.75 Å². The highest BCUT2D eigenvalue weighted by atomic mass is 16.3. The van der Waals surface area contributed by atoms with Crippen molar-refractivity contribution in [2.24, 2.45) is 5.73 Å². The lowest BCUT2D eigenvalue weighted by Gasteiger charge is -2.05. The summed E-state index contributed by atoms with van der Waals surface area (Å²) in [6.07, 6.45) is 1.18. The third-order valence-corrected chi connectivity index (χ3v) is 1.75. The van der Waals surface area contributed by atoms with Crippen molar-refractivity contribution < 1.29 is 9.90 Å². The van der Waals surface area contributed by atoms with E-state index >= 15 is 0 Å². The fraction of sp³-hybridized carbons (Fsp3) is 0.100. The molecule has 0 radical (unpaired) electrons. The molecule has 0 heterocycles. The molecular formula is C10H12N2O2. The van der Waals surface area contributed by atoms with E-state index in [0.717, 1.165) is 0 Å². The minimum Gasteiger partial charge on any atom is -0.508 e. The van der Waals surface area contributed by atoms with E-state index in [1.165, 1.54) is 12.1 Å². The zero-order chi connectivity index (χ0) is 10.6. The number of nitrogens with two attached hydrogens (primary N) is 1. The molecule has 0 bridgehead atoms. The standard InChI is InChI=1S/C10H12N2O2/c1-2-10(14)12-8-3-4-9(13)7(5-8)6-11/h2-5,13H,1,6,11H2,(H,12,14). The first-order valence-electron chi connectivity index (χ1n) is 4.12. The van der Waals surface area contributed by atoms with Gasteiger partial charge in [0.25, 0.3) is 0 Å². The van der Waals surface area contributed by atoms with Crippen LogP contribution in [0.1, 0.15) is 5.56 Å². The quantitative estimate of drug-likeness (QED) is 0.493. The van der Waals surface area contributed by atoms with Gasteiger partial charge >= 0.3 is 0 Å². The first kappa shape index (κ1) is 10.3. The lowest BCUT2D eigenvalue weighted by molar-refractivity contribution is -0.111. The van der Waals surface area contributed by atoms with Gasteiger partial charge in [-0.2, -0.15) is 0 Å². The molecule has 0 spiro atoms. The van der Waals surface area contributed by atoms with E-state index in [4.69, 9.17) is 5.73 Å². The van der Waals surface area contributed by atoms with Crippen molar-refractivity contribution in [1.29, 1.82) is 0 Å². The molecule has 0 fully saturated rings. The van der Waals surface area contributed by atoms with E-state index < -0.39 is 0 Å². The smallest absolute Gasteiger partial charge is 0.247 e. The molecule has 4 heteroatoms. The van der Waals surface area contributed by atoms with Crippen LogP contribution in [0.5, 0.6) is 5.75 Å². The van der Waals surface area contributed by atoms with Gasteiger partial charge in [-0.3, -0.25) is 4.79 Å². The number of amides is 1. The topological polar surface area (TPSA) is 75.3 Å². The van der Waals surface area contributed by atoms with Crippen molar-refractivity contribution in [3.63, 3.8) is 0 Å². The Labute approximate surface area is 82.0 Å². The van der Waals surface area contributed by atoms with Crippen LogP contribution in [0.3, 0.4) is 0 Å². The van der Waals surface area contributed by atoms with E-state index in [1.54, 1.807) is 12.1 Å². The lowest BCUT2D eigenvalue weighted by Crippen LogP contribution is -2.08. The molecule has 4 N–H and O–H groups in total. The first-order chi connectivity index (χ1) is 6.67. The number of rotatable bonds is 3. The number of hydrogen-bond acceptors (Lipinski definition) is 3. The second-order valence-corrected chi connectivity index (χ2v) is 2.74. The summed E-state index contributed by atoms with van der Waals surface area (Å²) in [4.78, 5) is 10.9. The number of benzene rings is 1. The molecule has 1 aromatic carbocycles. The van der Waals surface area contributed by atoms with Crippen molar-refractivity contribution in [1.82, 2.24) is 0 Å². The number of carbonyl (C=O) groups excluding carboxylic acids is 1. The summed E-state index contributed by atoms with van der Waals surface area (Å²) in [5.41, 5.74) is 6.57. The van der Waals surface area contributed by atoms with E-state index in [1.807, 2.05) is 0 Å². The molecule has 74 valence electrons. The third kappa shape index (κ3) is 2.34. The van der Waals surface area contributed by atoms with Crippen molar-refractivity contribution in [3.05, 3.63) is 36.4 Å². The summed E-state index contributed by atoms with van der Waals surface area (Å²) in [5.74, 6) is -0.164. The second kappa shape index (κ2) is 4.43. The van der Waals surface area contributed by atoms with E-state index in [2.05, 4.69) is 11.9 Å². The average Bonchev–Trinajstić information content (AvgIpc) is 2.20. The largest absolute Gasteiger partial charge is 0.508 e. The fourth-order valence-corrected chi connectivity index (χ4v) is 1.02. The lowest BCUT2D eigenvalue weighted by atomic mass is 10.2. The van der Waals surface area contributed by atoms with E-state index in [9.17, 15) is 9.90 Å². The number of aromatic hydroxyl groups is 1. The summed E-state index contributed by atoms with van der Waals surface area (Å²) in [6, 6.07) is 4.70. The van der Waals surface area contributed by atoms with Gasteiger partial charge in [0, 0.05) is 17.8 Å². The van der Waals surface area contributed by atoms with Gasteiger partial charge in [0.05, 0.1) is 0 Å². The molecule has 0 unspecified atom stereocenters. The molecule has 0 atom stereocenters. The predicted octanol–water partition coefficient (Wildman–Crippen LogP) is 0.975. The van der Waals surface area contributed by atoms with Crippen LogP contribution in [0.15, 0.2) is 30.9 Å². The highest BCUT2D eigenvalue weighted by Crippen LogP contribution is 2.20. The molecule has 0 aromatic heterocycles. The van der Waals surface area contributed by atoms with Crippen LogP contribution in [0.25, 0.3) is 0 Å². The maximum atomic E-state index is 10.9. The molecule has 0 saturated carbocycles. The van der Waals surface area contributed by atoms with Crippen molar-refractivity contribution in [2.45, 2.75) is 6.54 Å². The number of hydrogen-bond donors (Lipinski definition) is 3. The normalized spacial score (nSPS) is 9.50. The monoisotopic (exact) mass is 192 g/mol. The Morgan fingerprint density at radius 1 is 1.64 bits per heavy atom. The van der Waals surface area contributed by atoms with E-state index in [0.29, 0.717) is 11.3 Å². The minimum atomic E-state index is -0.293. The van der Waals surface area contributed by atoms with Crippen LogP contribution in [-0.4, -0.2) is 11.0 Å². The Morgan fingerprint density at radius 2 is 2.36 bits per heavy atom. The van der Waals surface area contributed by atoms with Gasteiger partial charge in [-0.1, -0.05) is 6.58 Å². The van der Waals surface area contributed by atoms with Crippen LogP contribution in [0, 0.1) is 0 Å². The summed E-state index contributed by atoms with van der Waals surface area (Å²) in [6.45, 7) is 3.56. The SMILES string of the molecule is C=CC(=O)Nc1ccc(O)c(CN)c1. The average molecular weight is 192 g/mol. The van der Waals surface area contributed by atoms with E-state index in [-0.39, 0.29) is 18.2 Å². The van der Waals surface area contributed by atoms with Crippen LogP contribution in [0.4, 0.5) is 5.69 Å². The van der Waals surface area contributed by atoms with Crippen LogP contribution < -0.4 is 11.1 Å². The maximum absolute atomic E-state index is 10.9. The highest BCUT2D eigenvalue weighted by Gasteiger charge is 2.02. The summed E-state index contributed by atoms with van der Waals surface area (Å²) in [5, 5.41) is 11.9. The van der Waals surface area contributed by atoms with Gasteiger partial charge < -0.3 is 16.2 Å². The number of nitrogens with one attached hydrogen (secondary N) is 1. The van der Waals surface area contributed by atoms with Gasteiger partial charge in [-0.15, -0.1) is 0 Å². The Balaban J connectivity index is 2.89. The molecule has 0 aliphatic heterocycles. The number of anilines is 1. The zero-order valence-corrected chi connectivity index (χ0v) is 7.66. The molecular weight excluding hydrogens is 180 g/mol. The number of phenolic OH excluding ortho intramolecular Hbond substituents is 1. The molecule has 0 aliphatic rings. The van der Waals surface area contributed by atoms with Crippen LogP contribution >= 0.6 is 0 Å². The number of carbonyl (C=O) groups is 1. The summed E-state index contributed by atoms with van der Waals surface area (Å²) in [7, 11) is 0. The number of phenols is 1. The van der Waals surface area contributed by atoms with Crippen LogP contribution in [0.2, 0.25) is 0 Å². The second-order valence-electron chi connectivity index (χ2n) is 2.74. The Bertz CT molecular complexity index is 361. The highest BCUT2D eigenvalue weighted by molar-refractivity contribution is 5.98. The first-order valence-corrected chi connectivity index (χ1v) is 4.12. The minimum absolute atomic E-state index is 0.129. The van der Waals surface area contributed by atoms with Gasteiger partial charge in [-0.05, 0) is 24.3 Å². The van der Waals surface area contributed by atoms with Crippen molar-refractivity contribution >= 4 is 11.6 Å². The molecule has 14 heavy (non-hydrogen) atoms. The third-order valence-electron chi connectivity index (χ3n) is 1.75. The molecule has 0 saturated heterocycles. The van der Waals surface area contributed by atoms with Gasteiger partial charge in [0.2, 0.25) is 5.91 Å². The maximum Gasteiger partial charge on any atom is 0.247 e. The fourth-order valence-electron chi connectivity index (χ4n) is 1.02. The Kier molecular flexibility index (Phi) is 3.25. The molecule has 4 nitrogen and oxygen atoms in total. The molecule has 1 amide bonds. The molecule has 0 aliphatic carbocycles. The summed E-state index contributed by atoms with van der Waals surface area (Å²) >= 11 is 0. The van der Waals surface area contributed by atoms with Gasteiger partial charge in [0.15, 0.2) is 0 Å². The predicted molar refractivity (Wildman–Crippen MR) is 54.8 cm³/mol. The van der Waals surface area contributed by atoms with Crippen LogP contribution in [-0.2, 0) is 11.3 Å². The Morgan fingerprint density at radius 3 is 2.93 bits per heavy atom. The van der Waals surface area contributed by atoms with Gasteiger partial charge in [0.1, 0.15) is 5.75 Å². The Hall–Kier alpha value is -1.81. The van der Waals surface area contributed by atoms with Crippen molar-refractivity contribution in [2.75, 3.05) is 5.32 Å². The summed E-state index contributed by atoms with van der Waals surface area (Å²) < 4.78 is 0. The zero-order valence-electron chi connectivity index (χ0n) is 7.66. The van der Waals surface area contributed by atoms with Gasteiger partial charge in [-0.25, -0.2) is 0 Å².